The van der Waals surface area contributed by atoms with Crippen LogP contribution in [-0.4, -0.2) is 16.1 Å². The zero-order valence-electron chi connectivity index (χ0n) is 9.03. The van der Waals surface area contributed by atoms with Crippen LogP contribution in [0.2, 0.25) is 0 Å². The fraction of sp³-hybridized carbons (Fsp3) is 0.727. The van der Waals surface area contributed by atoms with Gasteiger partial charge in [-0.2, -0.15) is 0 Å². The minimum absolute atomic E-state index is 0.481. The highest BCUT2D eigenvalue weighted by Crippen LogP contribution is 2.36. The van der Waals surface area contributed by atoms with Gasteiger partial charge >= 0.3 is 0 Å². The Labute approximate surface area is 85.5 Å². The number of nitrogens with one attached hydrogen (secondary N) is 1. The highest BCUT2D eigenvalue weighted by Gasteiger charge is 2.28. The minimum atomic E-state index is 0.481. The third-order valence-electron chi connectivity index (χ3n) is 3.09. The van der Waals surface area contributed by atoms with E-state index in [1.54, 1.807) is 0 Å². The van der Waals surface area contributed by atoms with Crippen LogP contribution in [0.3, 0.4) is 0 Å². The van der Waals surface area contributed by atoms with Crippen molar-refractivity contribution in [2.45, 2.75) is 32.2 Å². The molecule has 0 amide bonds. The maximum Gasteiger partial charge on any atom is 0.0947 e. The van der Waals surface area contributed by atoms with Gasteiger partial charge in [0.2, 0.25) is 0 Å². The van der Waals surface area contributed by atoms with Crippen LogP contribution in [0.15, 0.2) is 12.5 Å². The Hall–Kier alpha value is -0.830. The van der Waals surface area contributed by atoms with Crippen LogP contribution in [0.4, 0.5) is 0 Å². The summed E-state index contributed by atoms with van der Waals surface area (Å²) in [7, 11) is 2.03. The Kier molecular flexibility index (Phi) is 2.87. The Balaban J connectivity index is 2.09. The van der Waals surface area contributed by atoms with Crippen LogP contribution >= 0.6 is 0 Å². The van der Waals surface area contributed by atoms with E-state index in [9.17, 15) is 0 Å². The fourth-order valence-corrected chi connectivity index (χ4v) is 2.10. The number of aromatic nitrogens is 2. The van der Waals surface area contributed by atoms with Gasteiger partial charge in [-0.3, -0.25) is 0 Å². The molecule has 2 rings (SSSR count). The number of rotatable bonds is 4. The lowest BCUT2D eigenvalue weighted by Crippen LogP contribution is -2.32. The first-order valence-corrected chi connectivity index (χ1v) is 5.52. The molecule has 14 heavy (non-hydrogen) atoms. The Morgan fingerprint density at radius 1 is 1.64 bits per heavy atom. The lowest BCUT2D eigenvalue weighted by Gasteiger charge is -2.33. The monoisotopic (exact) mass is 193 g/mol. The van der Waals surface area contributed by atoms with Crippen LogP contribution in [0.25, 0.3) is 0 Å². The number of hydrogen-bond acceptors (Lipinski definition) is 2. The Morgan fingerprint density at radius 3 is 2.86 bits per heavy atom. The van der Waals surface area contributed by atoms with Crippen LogP contribution in [0.5, 0.6) is 0 Å². The molecule has 1 atom stereocenters. The molecule has 1 aliphatic rings. The topological polar surface area (TPSA) is 29.9 Å². The van der Waals surface area contributed by atoms with Gasteiger partial charge in [-0.15, -0.1) is 0 Å². The molecule has 1 heterocycles. The molecule has 1 aromatic rings. The molecule has 1 aliphatic carbocycles. The maximum atomic E-state index is 4.44. The first-order chi connectivity index (χ1) is 6.81. The fourth-order valence-electron chi connectivity index (χ4n) is 2.10. The molecule has 3 heteroatoms. The van der Waals surface area contributed by atoms with E-state index in [1.165, 1.54) is 25.0 Å². The van der Waals surface area contributed by atoms with E-state index in [0.717, 1.165) is 12.5 Å². The second-order valence-corrected chi connectivity index (χ2v) is 4.19. The highest BCUT2D eigenvalue weighted by atomic mass is 15.0. The predicted molar refractivity (Wildman–Crippen MR) is 57.0 cm³/mol. The molecule has 1 aromatic heterocycles. The lowest BCUT2D eigenvalue weighted by molar-refractivity contribution is 0.230. The minimum Gasteiger partial charge on any atom is -0.340 e. The summed E-state index contributed by atoms with van der Waals surface area (Å²) >= 11 is 0. The summed E-state index contributed by atoms with van der Waals surface area (Å²) in [6.07, 6.45) is 8.12. The van der Waals surface area contributed by atoms with Crippen LogP contribution in [0, 0.1) is 5.92 Å². The molecular formula is C11H19N3. The number of hydrogen-bond donors (Lipinski definition) is 1. The normalized spacial score (nSPS) is 19.3. The van der Waals surface area contributed by atoms with Gasteiger partial charge in [0.05, 0.1) is 18.1 Å². The number of imidazole rings is 1. The first kappa shape index (κ1) is 9.71. The Bertz CT molecular complexity index is 288. The van der Waals surface area contributed by atoms with E-state index in [1.807, 2.05) is 17.9 Å². The van der Waals surface area contributed by atoms with Crippen LogP contribution in [-0.2, 0) is 7.05 Å². The molecule has 0 aromatic carbocycles. The van der Waals surface area contributed by atoms with Crippen molar-refractivity contribution in [2.24, 2.45) is 13.0 Å². The summed E-state index contributed by atoms with van der Waals surface area (Å²) in [5.74, 6) is 0.810. The predicted octanol–water partition coefficient (Wildman–Crippen LogP) is 1.87. The van der Waals surface area contributed by atoms with Gasteiger partial charge in [-0.1, -0.05) is 13.3 Å². The van der Waals surface area contributed by atoms with E-state index < -0.39 is 0 Å². The molecule has 78 valence electrons. The van der Waals surface area contributed by atoms with Crippen molar-refractivity contribution in [1.29, 1.82) is 0 Å². The van der Waals surface area contributed by atoms with Crippen molar-refractivity contribution in [3.63, 3.8) is 0 Å². The van der Waals surface area contributed by atoms with Gasteiger partial charge in [0, 0.05) is 13.2 Å². The van der Waals surface area contributed by atoms with Gasteiger partial charge < -0.3 is 9.88 Å². The molecule has 0 radical (unpaired) electrons. The second kappa shape index (κ2) is 4.13. The highest BCUT2D eigenvalue weighted by molar-refractivity contribution is 5.06. The van der Waals surface area contributed by atoms with E-state index in [0.29, 0.717) is 6.04 Å². The van der Waals surface area contributed by atoms with Crippen molar-refractivity contribution < 1.29 is 0 Å². The van der Waals surface area contributed by atoms with Crippen LogP contribution < -0.4 is 5.32 Å². The van der Waals surface area contributed by atoms with Crippen molar-refractivity contribution in [3.8, 4) is 0 Å². The first-order valence-electron chi connectivity index (χ1n) is 5.52. The van der Waals surface area contributed by atoms with E-state index in [2.05, 4.69) is 23.4 Å². The van der Waals surface area contributed by atoms with E-state index in [-0.39, 0.29) is 0 Å². The van der Waals surface area contributed by atoms with Crippen molar-refractivity contribution >= 4 is 0 Å². The van der Waals surface area contributed by atoms with E-state index in [4.69, 9.17) is 0 Å². The van der Waals surface area contributed by atoms with Gasteiger partial charge in [0.15, 0.2) is 0 Å². The Morgan fingerprint density at radius 2 is 2.43 bits per heavy atom. The molecule has 1 unspecified atom stereocenters. The zero-order valence-corrected chi connectivity index (χ0v) is 9.03. The van der Waals surface area contributed by atoms with Crippen molar-refractivity contribution in [1.82, 2.24) is 14.9 Å². The number of aryl methyl sites for hydroxylation is 1. The zero-order chi connectivity index (χ0) is 9.97. The maximum absolute atomic E-state index is 4.44. The SMILES string of the molecule is CCNC(c1cn(C)cn1)C1CCC1. The molecule has 3 nitrogen and oxygen atoms in total. The van der Waals surface area contributed by atoms with Crippen molar-refractivity contribution in [3.05, 3.63) is 18.2 Å². The van der Waals surface area contributed by atoms with Gasteiger partial charge in [-0.25, -0.2) is 4.98 Å². The average Bonchev–Trinajstić information content (AvgIpc) is 2.48. The summed E-state index contributed by atoms with van der Waals surface area (Å²) in [6.45, 7) is 3.19. The van der Waals surface area contributed by atoms with Gasteiger partial charge in [-0.05, 0) is 25.3 Å². The molecule has 1 saturated carbocycles. The molecule has 1 N–H and O–H groups in total. The molecule has 1 fully saturated rings. The molecule has 0 bridgehead atoms. The molecule has 0 aliphatic heterocycles. The van der Waals surface area contributed by atoms with Gasteiger partial charge in [0.25, 0.3) is 0 Å². The van der Waals surface area contributed by atoms with Crippen LogP contribution in [0.1, 0.15) is 37.9 Å². The molecular weight excluding hydrogens is 174 g/mol. The summed E-state index contributed by atoms with van der Waals surface area (Å²) in [5, 5.41) is 3.54. The third kappa shape index (κ3) is 1.82. The molecule has 0 spiro atoms. The van der Waals surface area contributed by atoms with E-state index >= 15 is 0 Å². The van der Waals surface area contributed by atoms with Crippen molar-refractivity contribution in [2.75, 3.05) is 6.54 Å². The van der Waals surface area contributed by atoms with Gasteiger partial charge in [0.1, 0.15) is 0 Å². The second-order valence-electron chi connectivity index (χ2n) is 4.19. The smallest absolute Gasteiger partial charge is 0.0947 e. The summed E-state index contributed by atoms with van der Waals surface area (Å²) in [5.41, 5.74) is 1.21. The lowest BCUT2D eigenvalue weighted by atomic mass is 9.78. The number of nitrogens with zero attached hydrogens (tertiary/aromatic N) is 2. The summed E-state index contributed by atoms with van der Waals surface area (Å²) in [4.78, 5) is 4.44. The standard InChI is InChI=1S/C11H19N3/c1-3-12-11(9-5-4-6-9)10-7-14(2)8-13-10/h7-9,11-12H,3-6H2,1-2H3. The quantitative estimate of drug-likeness (QED) is 0.791. The third-order valence-corrected chi connectivity index (χ3v) is 3.09. The summed E-state index contributed by atoms with van der Waals surface area (Å²) < 4.78 is 2.03. The average molecular weight is 193 g/mol. The summed E-state index contributed by atoms with van der Waals surface area (Å²) in [6, 6.07) is 0.481. The largest absolute Gasteiger partial charge is 0.340 e. The molecule has 0 saturated heterocycles.